The summed E-state index contributed by atoms with van der Waals surface area (Å²) in [6.45, 7) is 0.370. The summed E-state index contributed by atoms with van der Waals surface area (Å²) in [4.78, 5) is 14.4. The highest BCUT2D eigenvalue weighted by Crippen LogP contribution is 2.45. The van der Waals surface area contributed by atoms with Gasteiger partial charge in [-0.15, -0.1) is 0 Å². The van der Waals surface area contributed by atoms with Crippen molar-refractivity contribution in [2.75, 3.05) is 0 Å². The first-order chi connectivity index (χ1) is 10.3. The second-order valence-electron chi connectivity index (χ2n) is 6.47. The van der Waals surface area contributed by atoms with E-state index in [2.05, 4.69) is 6.08 Å². The molecule has 110 valence electrons. The number of fused-ring (bicyclic) bond motifs is 2. The smallest absolute Gasteiger partial charge is 0.410 e. The van der Waals surface area contributed by atoms with Crippen molar-refractivity contribution in [2.24, 2.45) is 5.92 Å². The Labute approximate surface area is 125 Å². The minimum absolute atomic E-state index is 0.141. The van der Waals surface area contributed by atoms with Crippen LogP contribution in [0.2, 0.25) is 0 Å². The molecule has 2 unspecified atom stereocenters. The predicted octanol–water partition coefficient (Wildman–Crippen LogP) is 3.90. The number of hydrogen-bond donors (Lipinski definition) is 0. The van der Waals surface area contributed by atoms with Gasteiger partial charge in [0.25, 0.3) is 0 Å². The van der Waals surface area contributed by atoms with Gasteiger partial charge in [-0.05, 0) is 43.6 Å². The van der Waals surface area contributed by atoms with Gasteiger partial charge in [-0.2, -0.15) is 0 Å². The van der Waals surface area contributed by atoms with Crippen molar-refractivity contribution in [2.45, 2.75) is 50.8 Å². The Morgan fingerprint density at radius 2 is 1.95 bits per heavy atom. The molecule has 2 fully saturated rings. The van der Waals surface area contributed by atoms with Crippen LogP contribution in [0.1, 0.15) is 37.7 Å². The number of carbonyl (C=O) groups excluding carboxylic acids is 1. The lowest BCUT2D eigenvalue weighted by Crippen LogP contribution is -2.43. The van der Waals surface area contributed by atoms with Gasteiger partial charge in [0.2, 0.25) is 0 Å². The van der Waals surface area contributed by atoms with E-state index in [-0.39, 0.29) is 12.1 Å². The van der Waals surface area contributed by atoms with Gasteiger partial charge in [0.05, 0.1) is 6.04 Å². The quantitative estimate of drug-likeness (QED) is 0.787. The van der Waals surface area contributed by atoms with E-state index in [4.69, 9.17) is 4.74 Å². The molecule has 21 heavy (non-hydrogen) atoms. The largest absolute Gasteiger partial charge is 0.445 e. The molecule has 4 rings (SSSR count). The Balaban J connectivity index is 1.41. The summed E-state index contributed by atoms with van der Waals surface area (Å²) >= 11 is 0. The summed E-state index contributed by atoms with van der Waals surface area (Å²) < 4.78 is 5.52. The van der Waals surface area contributed by atoms with E-state index in [1.54, 1.807) is 5.57 Å². The zero-order valence-electron chi connectivity index (χ0n) is 12.2. The second-order valence-corrected chi connectivity index (χ2v) is 6.47. The van der Waals surface area contributed by atoms with Gasteiger partial charge < -0.3 is 4.74 Å². The normalized spacial score (nSPS) is 27.4. The van der Waals surface area contributed by atoms with E-state index in [9.17, 15) is 4.79 Å². The van der Waals surface area contributed by atoms with Crippen molar-refractivity contribution in [3.8, 4) is 0 Å². The minimum Gasteiger partial charge on any atom is -0.445 e. The molecule has 2 bridgehead atoms. The number of ether oxygens (including phenoxy) is 1. The summed E-state index contributed by atoms with van der Waals surface area (Å²) in [6.07, 6.45) is 8.21. The standard InChI is InChI=1S/C18H21NO2/c20-18(21-12-13-4-2-1-3-5-13)19-16-8-9-17(19)11-15(10-16)14-6-7-14/h1-5,10,14,16-17H,6-9,11-12H2. The lowest BCUT2D eigenvalue weighted by atomic mass is 9.98. The maximum Gasteiger partial charge on any atom is 0.410 e. The van der Waals surface area contributed by atoms with Gasteiger partial charge in [0.15, 0.2) is 0 Å². The number of rotatable bonds is 3. The average Bonchev–Trinajstić information content (AvgIpc) is 3.32. The van der Waals surface area contributed by atoms with Crippen LogP contribution in [0.5, 0.6) is 0 Å². The van der Waals surface area contributed by atoms with E-state index in [0.717, 1.165) is 30.7 Å². The first kappa shape index (κ1) is 12.9. The summed E-state index contributed by atoms with van der Waals surface area (Å²) in [5, 5.41) is 0. The molecule has 1 aliphatic carbocycles. The highest BCUT2D eigenvalue weighted by atomic mass is 16.6. The molecule has 3 aliphatic rings. The van der Waals surface area contributed by atoms with Crippen molar-refractivity contribution in [1.82, 2.24) is 4.90 Å². The lowest BCUT2D eigenvalue weighted by molar-refractivity contribution is 0.0813. The van der Waals surface area contributed by atoms with Crippen molar-refractivity contribution >= 4 is 6.09 Å². The van der Waals surface area contributed by atoms with E-state index >= 15 is 0 Å². The summed E-state index contributed by atoms with van der Waals surface area (Å²) in [5.41, 5.74) is 2.65. The van der Waals surface area contributed by atoms with Crippen molar-refractivity contribution < 1.29 is 9.53 Å². The Morgan fingerprint density at radius 1 is 1.14 bits per heavy atom. The third-order valence-corrected chi connectivity index (χ3v) is 4.94. The molecule has 0 N–H and O–H groups in total. The molecule has 2 aliphatic heterocycles. The van der Waals surface area contributed by atoms with Crippen LogP contribution in [0, 0.1) is 5.92 Å². The molecule has 1 saturated carbocycles. The topological polar surface area (TPSA) is 29.5 Å². The first-order valence-corrected chi connectivity index (χ1v) is 8.01. The first-order valence-electron chi connectivity index (χ1n) is 8.01. The summed E-state index contributed by atoms with van der Waals surface area (Å²) in [6, 6.07) is 10.5. The maximum atomic E-state index is 12.4. The van der Waals surface area contributed by atoms with Gasteiger partial charge in [0, 0.05) is 6.04 Å². The molecule has 0 radical (unpaired) electrons. The van der Waals surface area contributed by atoms with Crippen LogP contribution >= 0.6 is 0 Å². The van der Waals surface area contributed by atoms with Crippen molar-refractivity contribution in [3.05, 3.63) is 47.5 Å². The number of amides is 1. The van der Waals surface area contributed by atoms with Crippen molar-refractivity contribution in [3.63, 3.8) is 0 Å². The van der Waals surface area contributed by atoms with E-state index < -0.39 is 0 Å². The maximum absolute atomic E-state index is 12.4. The summed E-state index contributed by atoms with van der Waals surface area (Å²) in [7, 11) is 0. The SMILES string of the molecule is O=C(OCc1ccccc1)N1C2C=C(C3CC3)CC1CC2. The fourth-order valence-corrected chi connectivity index (χ4v) is 3.70. The molecule has 1 amide bonds. The van der Waals surface area contributed by atoms with Crippen LogP contribution < -0.4 is 0 Å². The molecular weight excluding hydrogens is 262 g/mol. The van der Waals surface area contributed by atoms with Crippen LogP contribution in [0.4, 0.5) is 4.79 Å². The zero-order valence-corrected chi connectivity index (χ0v) is 12.2. The molecule has 2 atom stereocenters. The molecular formula is C18H21NO2. The number of hydrogen-bond acceptors (Lipinski definition) is 2. The van der Waals surface area contributed by atoms with E-state index in [1.807, 2.05) is 35.2 Å². The zero-order chi connectivity index (χ0) is 14.2. The van der Waals surface area contributed by atoms with Gasteiger partial charge in [0.1, 0.15) is 6.61 Å². The Bertz CT molecular complexity index is 562. The van der Waals surface area contributed by atoms with Gasteiger partial charge in [-0.1, -0.05) is 42.0 Å². The van der Waals surface area contributed by atoms with Crippen molar-refractivity contribution in [1.29, 1.82) is 0 Å². The van der Waals surface area contributed by atoms with E-state index in [0.29, 0.717) is 12.6 Å². The Kier molecular flexibility index (Phi) is 3.21. The fourth-order valence-electron chi connectivity index (χ4n) is 3.70. The third kappa shape index (κ3) is 2.57. The van der Waals surface area contributed by atoms with Gasteiger partial charge in [-0.25, -0.2) is 4.79 Å². The fraction of sp³-hybridized carbons (Fsp3) is 0.500. The van der Waals surface area contributed by atoms with Crippen LogP contribution in [0.25, 0.3) is 0 Å². The summed E-state index contributed by atoms with van der Waals surface area (Å²) in [5.74, 6) is 0.829. The number of benzene rings is 1. The van der Waals surface area contributed by atoms with Crippen LogP contribution in [-0.4, -0.2) is 23.1 Å². The van der Waals surface area contributed by atoms with Crippen LogP contribution in [-0.2, 0) is 11.3 Å². The average molecular weight is 283 g/mol. The number of nitrogens with zero attached hydrogens (tertiary/aromatic N) is 1. The molecule has 3 nitrogen and oxygen atoms in total. The molecule has 1 saturated heterocycles. The van der Waals surface area contributed by atoms with Crippen LogP contribution in [0.15, 0.2) is 42.0 Å². The van der Waals surface area contributed by atoms with E-state index in [1.165, 1.54) is 12.8 Å². The third-order valence-electron chi connectivity index (χ3n) is 4.94. The van der Waals surface area contributed by atoms with Crippen LogP contribution in [0.3, 0.4) is 0 Å². The molecule has 1 aromatic carbocycles. The highest BCUT2D eigenvalue weighted by Gasteiger charge is 2.43. The monoisotopic (exact) mass is 283 g/mol. The molecule has 2 heterocycles. The molecule has 0 spiro atoms. The lowest BCUT2D eigenvalue weighted by Gasteiger charge is -2.33. The predicted molar refractivity (Wildman–Crippen MR) is 80.7 cm³/mol. The second kappa shape index (κ2) is 5.21. The number of carbonyl (C=O) groups is 1. The molecule has 1 aromatic rings. The molecule has 3 heteroatoms. The van der Waals surface area contributed by atoms with Gasteiger partial charge >= 0.3 is 6.09 Å². The highest BCUT2D eigenvalue weighted by molar-refractivity contribution is 5.70. The van der Waals surface area contributed by atoms with Gasteiger partial charge in [-0.3, -0.25) is 4.90 Å². The Hall–Kier alpha value is -1.77. The molecule has 0 aromatic heterocycles. The minimum atomic E-state index is -0.141. The Morgan fingerprint density at radius 3 is 2.67 bits per heavy atom.